The van der Waals surface area contributed by atoms with Gasteiger partial charge in [0.2, 0.25) is 5.95 Å². The molecule has 188 valence electrons. The van der Waals surface area contributed by atoms with Gasteiger partial charge < -0.3 is 20.3 Å². The minimum Gasteiger partial charge on any atom is -0.495 e. The third kappa shape index (κ3) is 5.76. The molecule has 0 spiro atoms. The van der Waals surface area contributed by atoms with E-state index in [4.69, 9.17) is 14.7 Å². The van der Waals surface area contributed by atoms with Crippen LogP contribution in [-0.2, 0) is 0 Å². The molecule has 2 aromatic rings. The van der Waals surface area contributed by atoms with Crippen LogP contribution in [0.2, 0.25) is 0 Å². The first-order chi connectivity index (χ1) is 17.0. The number of rotatable bonds is 5. The molecule has 0 aliphatic carbocycles. The van der Waals surface area contributed by atoms with Crippen LogP contribution in [0.4, 0.5) is 20.5 Å². The smallest absolute Gasteiger partial charge is 0.251 e. The molecule has 7 nitrogen and oxygen atoms in total. The van der Waals surface area contributed by atoms with Gasteiger partial charge in [0.1, 0.15) is 11.6 Å². The Hall–Kier alpha value is -2.70. The largest absolute Gasteiger partial charge is 0.495 e. The van der Waals surface area contributed by atoms with Crippen molar-refractivity contribution in [1.29, 1.82) is 0 Å². The molecule has 1 atom stereocenters. The van der Waals surface area contributed by atoms with Gasteiger partial charge in [-0.2, -0.15) is 4.98 Å². The van der Waals surface area contributed by atoms with Gasteiger partial charge in [-0.1, -0.05) is 11.8 Å². The van der Waals surface area contributed by atoms with Crippen molar-refractivity contribution >= 4 is 22.7 Å². The minimum absolute atomic E-state index is 0.181. The number of methoxy groups -OCH3 is 1. The number of benzene rings is 1. The second-order valence-electron chi connectivity index (χ2n) is 9.76. The van der Waals surface area contributed by atoms with Crippen molar-refractivity contribution in [2.24, 2.45) is 0 Å². The van der Waals surface area contributed by atoms with Crippen LogP contribution in [0.3, 0.4) is 0 Å². The maximum absolute atomic E-state index is 13.8. The van der Waals surface area contributed by atoms with E-state index in [0.29, 0.717) is 17.5 Å². The highest BCUT2D eigenvalue weighted by molar-refractivity contribution is 5.93. The van der Waals surface area contributed by atoms with Crippen LogP contribution in [0, 0.1) is 11.8 Å². The normalized spacial score (nSPS) is 22.6. The Labute approximate surface area is 205 Å². The lowest BCUT2D eigenvalue weighted by Crippen LogP contribution is -2.41. The number of halogens is 2. The number of hydrogen-bond acceptors (Lipinski definition) is 7. The summed E-state index contributed by atoms with van der Waals surface area (Å²) in [6, 6.07) is 4.13. The van der Waals surface area contributed by atoms with Crippen LogP contribution in [0.1, 0.15) is 44.1 Å². The highest BCUT2D eigenvalue weighted by Gasteiger charge is 2.35. The van der Waals surface area contributed by atoms with Crippen molar-refractivity contribution in [3.63, 3.8) is 0 Å². The first kappa shape index (κ1) is 24.0. The van der Waals surface area contributed by atoms with Crippen LogP contribution >= 0.6 is 0 Å². The topological polar surface area (TPSA) is 65.5 Å². The lowest BCUT2D eigenvalue weighted by Gasteiger charge is -2.32. The summed E-state index contributed by atoms with van der Waals surface area (Å²) in [5, 5.41) is 7.86. The number of likely N-dealkylation sites (tertiary alicyclic amines) is 1. The average molecular weight is 485 g/mol. The van der Waals surface area contributed by atoms with E-state index < -0.39 is 5.92 Å². The van der Waals surface area contributed by atoms with Crippen LogP contribution in [0.25, 0.3) is 10.9 Å². The zero-order valence-corrected chi connectivity index (χ0v) is 20.4. The maximum atomic E-state index is 13.8. The molecule has 3 aliphatic rings. The Bertz CT molecular complexity index is 1090. The van der Waals surface area contributed by atoms with Gasteiger partial charge in [0, 0.05) is 43.9 Å². The van der Waals surface area contributed by atoms with Gasteiger partial charge in [0.15, 0.2) is 0 Å². The third-order valence-electron chi connectivity index (χ3n) is 7.15. The number of nitrogens with zero attached hydrogens (tertiary/aromatic N) is 4. The molecule has 35 heavy (non-hydrogen) atoms. The van der Waals surface area contributed by atoms with Crippen molar-refractivity contribution in [2.75, 3.05) is 63.1 Å². The van der Waals surface area contributed by atoms with E-state index in [1.807, 2.05) is 17.0 Å². The Balaban J connectivity index is 1.50. The van der Waals surface area contributed by atoms with E-state index in [1.165, 1.54) is 12.8 Å². The van der Waals surface area contributed by atoms with Crippen molar-refractivity contribution < 1.29 is 13.5 Å². The molecule has 3 saturated heterocycles. The number of piperidine rings is 2. The predicted octanol–water partition coefficient (Wildman–Crippen LogP) is 3.49. The van der Waals surface area contributed by atoms with Crippen LogP contribution < -0.4 is 20.3 Å². The third-order valence-corrected chi connectivity index (χ3v) is 7.15. The van der Waals surface area contributed by atoms with Gasteiger partial charge in [-0.3, -0.25) is 4.90 Å². The van der Waals surface area contributed by atoms with E-state index >= 15 is 0 Å². The molecule has 1 aromatic carbocycles. The molecular weight excluding hydrogens is 450 g/mol. The molecule has 0 amide bonds. The monoisotopic (exact) mass is 484 g/mol. The number of nitrogens with one attached hydrogen (secondary N) is 2. The number of ether oxygens (including phenoxy) is 1. The summed E-state index contributed by atoms with van der Waals surface area (Å²) in [5.41, 5.74) is 1.52. The lowest BCUT2D eigenvalue weighted by atomic mass is 10.1. The Kier molecular flexibility index (Phi) is 7.21. The quantitative estimate of drug-likeness (QED) is 0.630. The zero-order valence-electron chi connectivity index (χ0n) is 20.4. The fraction of sp³-hybridized carbons (Fsp3) is 0.615. The molecule has 5 rings (SSSR count). The average Bonchev–Trinajstić information content (AvgIpc) is 3.38. The Morgan fingerprint density at radius 3 is 2.66 bits per heavy atom. The highest BCUT2D eigenvalue weighted by Crippen LogP contribution is 2.34. The Morgan fingerprint density at radius 1 is 1.14 bits per heavy atom. The molecule has 0 radical (unpaired) electrons. The molecule has 4 heterocycles. The maximum Gasteiger partial charge on any atom is 0.251 e. The first-order valence-electron chi connectivity index (χ1n) is 12.7. The van der Waals surface area contributed by atoms with E-state index in [1.54, 1.807) is 7.11 Å². The van der Waals surface area contributed by atoms with Gasteiger partial charge in [-0.15, -0.1) is 0 Å². The first-order valence-corrected chi connectivity index (χ1v) is 12.7. The van der Waals surface area contributed by atoms with Gasteiger partial charge in [0.25, 0.3) is 5.92 Å². The van der Waals surface area contributed by atoms with Crippen molar-refractivity contribution in [3.8, 4) is 17.6 Å². The molecule has 1 unspecified atom stereocenters. The summed E-state index contributed by atoms with van der Waals surface area (Å²) in [4.78, 5) is 13.8. The second kappa shape index (κ2) is 10.5. The fourth-order valence-corrected chi connectivity index (χ4v) is 5.05. The molecular formula is C26H34F2N6O. The van der Waals surface area contributed by atoms with Gasteiger partial charge in [0.05, 0.1) is 24.7 Å². The number of fused-ring (bicyclic) bond motifs is 1. The number of aromatic nitrogens is 2. The number of anilines is 2. The molecule has 2 N–H and O–H groups in total. The summed E-state index contributed by atoms with van der Waals surface area (Å²) in [6.07, 6.45) is 4.24. The van der Waals surface area contributed by atoms with Gasteiger partial charge in [-0.25, -0.2) is 13.8 Å². The minimum atomic E-state index is -2.62. The van der Waals surface area contributed by atoms with Gasteiger partial charge in [-0.05, 0) is 57.5 Å². The second-order valence-corrected chi connectivity index (χ2v) is 9.76. The summed E-state index contributed by atoms with van der Waals surface area (Å²) in [7, 11) is 1.65. The lowest BCUT2D eigenvalue weighted by molar-refractivity contribution is -0.0222. The van der Waals surface area contributed by atoms with E-state index in [9.17, 15) is 8.78 Å². The van der Waals surface area contributed by atoms with E-state index in [-0.39, 0.29) is 32.0 Å². The van der Waals surface area contributed by atoms with E-state index in [2.05, 4.69) is 27.4 Å². The fourth-order valence-electron chi connectivity index (χ4n) is 5.05. The molecule has 3 fully saturated rings. The predicted molar refractivity (Wildman–Crippen MR) is 135 cm³/mol. The van der Waals surface area contributed by atoms with Crippen molar-refractivity contribution in [3.05, 3.63) is 17.7 Å². The standard InChI is InChI=1S/C26H34F2N6O/c1-35-23-17-21-22(16-19(23)6-5-13-33-11-2-3-12-33)31-25(34-14-8-26(27,28)9-15-34)32-24(21)30-20-7-4-10-29-18-20/h16-17,20,29H,2-4,7-15,18H2,1H3,(H,30,31,32). The van der Waals surface area contributed by atoms with E-state index in [0.717, 1.165) is 62.0 Å². The Morgan fingerprint density at radius 2 is 1.94 bits per heavy atom. The van der Waals surface area contributed by atoms with Crippen LogP contribution in [0.5, 0.6) is 5.75 Å². The summed E-state index contributed by atoms with van der Waals surface area (Å²) in [5.74, 6) is 5.83. The van der Waals surface area contributed by atoms with Gasteiger partial charge >= 0.3 is 0 Å². The molecule has 9 heteroatoms. The molecule has 3 aliphatic heterocycles. The van der Waals surface area contributed by atoms with Crippen molar-refractivity contribution in [2.45, 2.75) is 50.5 Å². The number of alkyl halides is 2. The SMILES string of the molecule is COc1cc2c(NC3CCCNC3)nc(N3CCC(F)(F)CC3)nc2cc1C#CCN1CCCC1. The van der Waals surface area contributed by atoms with Crippen LogP contribution in [-0.4, -0.2) is 79.8 Å². The summed E-state index contributed by atoms with van der Waals surface area (Å²) < 4.78 is 33.2. The summed E-state index contributed by atoms with van der Waals surface area (Å²) >= 11 is 0. The molecule has 1 aromatic heterocycles. The van der Waals surface area contributed by atoms with Crippen molar-refractivity contribution in [1.82, 2.24) is 20.2 Å². The zero-order chi connectivity index (χ0) is 24.3. The highest BCUT2D eigenvalue weighted by atomic mass is 19.3. The molecule has 0 saturated carbocycles. The number of hydrogen-bond donors (Lipinski definition) is 2. The molecule has 0 bridgehead atoms. The summed E-state index contributed by atoms with van der Waals surface area (Å²) in [6.45, 7) is 5.28. The van der Waals surface area contributed by atoms with Crippen LogP contribution in [0.15, 0.2) is 12.1 Å².